The molecule has 3 rings (SSSR count). The second kappa shape index (κ2) is 9.04. The molecular weight excluding hydrogens is 334 g/mol. The SMILES string of the molecule is CC[C@H](Oc1ccccc1C)C(=O)NC(c1ccccc1)c1ccccc1. The van der Waals surface area contributed by atoms with Crippen LogP contribution < -0.4 is 10.1 Å². The molecule has 0 aliphatic rings. The largest absolute Gasteiger partial charge is 0.480 e. The van der Waals surface area contributed by atoms with Gasteiger partial charge < -0.3 is 10.1 Å². The number of benzene rings is 3. The maximum absolute atomic E-state index is 13.0. The Hall–Kier alpha value is -3.07. The number of carbonyl (C=O) groups is 1. The van der Waals surface area contributed by atoms with Crippen molar-refractivity contribution in [3.63, 3.8) is 0 Å². The molecule has 0 heterocycles. The molecule has 0 fully saturated rings. The zero-order valence-corrected chi connectivity index (χ0v) is 15.8. The van der Waals surface area contributed by atoms with Crippen LogP contribution in [0.15, 0.2) is 84.9 Å². The molecule has 0 saturated carbocycles. The summed E-state index contributed by atoms with van der Waals surface area (Å²) in [5.41, 5.74) is 3.11. The van der Waals surface area contributed by atoms with Gasteiger partial charge in [-0.15, -0.1) is 0 Å². The van der Waals surface area contributed by atoms with Crippen molar-refractivity contribution in [2.45, 2.75) is 32.4 Å². The normalized spacial score (nSPS) is 11.8. The lowest BCUT2D eigenvalue weighted by atomic mass is 9.98. The summed E-state index contributed by atoms with van der Waals surface area (Å²) in [6.45, 7) is 3.94. The van der Waals surface area contributed by atoms with Crippen molar-refractivity contribution >= 4 is 5.91 Å². The van der Waals surface area contributed by atoms with Crippen LogP contribution in [0.2, 0.25) is 0 Å². The van der Waals surface area contributed by atoms with E-state index in [2.05, 4.69) is 5.32 Å². The van der Waals surface area contributed by atoms with E-state index in [9.17, 15) is 4.79 Å². The van der Waals surface area contributed by atoms with Crippen LogP contribution >= 0.6 is 0 Å². The van der Waals surface area contributed by atoms with Crippen LogP contribution in [0.5, 0.6) is 5.75 Å². The molecule has 3 aromatic rings. The van der Waals surface area contributed by atoms with Gasteiger partial charge in [-0.3, -0.25) is 4.79 Å². The predicted molar refractivity (Wildman–Crippen MR) is 109 cm³/mol. The number of ether oxygens (including phenoxy) is 1. The van der Waals surface area contributed by atoms with Gasteiger partial charge in [-0.25, -0.2) is 0 Å². The van der Waals surface area contributed by atoms with E-state index >= 15 is 0 Å². The number of amides is 1. The lowest BCUT2D eigenvalue weighted by Gasteiger charge is -2.24. The molecule has 27 heavy (non-hydrogen) atoms. The highest BCUT2D eigenvalue weighted by molar-refractivity contribution is 5.82. The van der Waals surface area contributed by atoms with E-state index in [1.165, 1.54) is 0 Å². The first-order valence-corrected chi connectivity index (χ1v) is 9.31. The van der Waals surface area contributed by atoms with Crippen molar-refractivity contribution in [3.8, 4) is 5.75 Å². The Kier molecular flexibility index (Phi) is 6.26. The van der Waals surface area contributed by atoms with E-state index in [0.29, 0.717) is 6.42 Å². The first kappa shape index (κ1) is 18.7. The zero-order chi connectivity index (χ0) is 19.1. The molecule has 0 spiro atoms. The monoisotopic (exact) mass is 359 g/mol. The summed E-state index contributed by atoms with van der Waals surface area (Å²) in [6.07, 6.45) is 0.0530. The third-order valence-corrected chi connectivity index (χ3v) is 4.58. The average Bonchev–Trinajstić information content (AvgIpc) is 2.72. The molecular formula is C24H25NO2. The summed E-state index contributed by atoms with van der Waals surface area (Å²) in [4.78, 5) is 13.0. The average molecular weight is 359 g/mol. The molecule has 1 amide bonds. The highest BCUT2D eigenvalue weighted by Gasteiger charge is 2.24. The van der Waals surface area contributed by atoms with Crippen molar-refractivity contribution < 1.29 is 9.53 Å². The minimum atomic E-state index is -0.541. The smallest absolute Gasteiger partial charge is 0.261 e. The number of hydrogen-bond acceptors (Lipinski definition) is 2. The Balaban J connectivity index is 1.82. The van der Waals surface area contributed by atoms with Crippen molar-refractivity contribution in [2.24, 2.45) is 0 Å². The number of para-hydroxylation sites is 1. The Morgan fingerprint density at radius 3 is 1.89 bits per heavy atom. The van der Waals surface area contributed by atoms with Gasteiger partial charge >= 0.3 is 0 Å². The topological polar surface area (TPSA) is 38.3 Å². The molecule has 0 bridgehead atoms. The molecule has 0 aliphatic carbocycles. The molecule has 3 nitrogen and oxygen atoms in total. The van der Waals surface area contributed by atoms with E-state index in [1.807, 2.05) is 98.8 Å². The van der Waals surface area contributed by atoms with Gasteiger partial charge in [0.15, 0.2) is 6.10 Å². The summed E-state index contributed by atoms with van der Waals surface area (Å²) >= 11 is 0. The van der Waals surface area contributed by atoms with Crippen LogP contribution in [0.3, 0.4) is 0 Å². The third kappa shape index (κ3) is 4.76. The molecule has 1 N–H and O–H groups in total. The summed E-state index contributed by atoms with van der Waals surface area (Å²) < 4.78 is 6.02. The molecule has 0 radical (unpaired) electrons. The van der Waals surface area contributed by atoms with Crippen molar-refractivity contribution in [2.75, 3.05) is 0 Å². The summed E-state index contributed by atoms with van der Waals surface area (Å²) in [7, 11) is 0. The Bertz CT molecular complexity index is 822. The molecule has 138 valence electrons. The van der Waals surface area contributed by atoms with Gasteiger partial charge in [0.2, 0.25) is 0 Å². The van der Waals surface area contributed by atoms with Gasteiger partial charge in [-0.05, 0) is 36.1 Å². The maximum Gasteiger partial charge on any atom is 0.261 e. The maximum atomic E-state index is 13.0. The molecule has 0 unspecified atom stereocenters. The molecule has 0 saturated heterocycles. The second-order valence-electron chi connectivity index (χ2n) is 6.54. The molecule has 3 aromatic carbocycles. The molecule has 0 aliphatic heterocycles. The first-order valence-electron chi connectivity index (χ1n) is 9.31. The van der Waals surface area contributed by atoms with Crippen molar-refractivity contribution in [1.82, 2.24) is 5.32 Å². The van der Waals surface area contributed by atoms with Crippen LogP contribution in [-0.4, -0.2) is 12.0 Å². The van der Waals surface area contributed by atoms with E-state index in [4.69, 9.17) is 4.74 Å². The lowest BCUT2D eigenvalue weighted by Crippen LogP contribution is -2.40. The van der Waals surface area contributed by atoms with E-state index in [1.54, 1.807) is 0 Å². The van der Waals surface area contributed by atoms with Crippen LogP contribution in [0.4, 0.5) is 0 Å². The zero-order valence-electron chi connectivity index (χ0n) is 15.8. The number of hydrogen-bond donors (Lipinski definition) is 1. The fourth-order valence-electron chi connectivity index (χ4n) is 3.05. The Morgan fingerprint density at radius 2 is 1.37 bits per heavy atom. The lowest BCUT2D eigenvalue weighted by molar-refractivity contribution is -0.128. The number of nitrogens with one attached hydrogen (secondary N) is 1. The summed E-state index contributed by atoms with van der Waals surface area (Å²) in [5.74, 6) is 0.633. The van der Waals surface area contributed by atoms with Crippen LogP contribution in [0.25, 0.3) is 0 Å². The Morgan fingerprint density at radius 1 is 0.852 bits per heavy atom. The summed E-state index contributed by atoms with van der Waals surface area (Å²) in [5, 5.41) is 3.18. The molecule has 0 aromatic heterocycles. The highest BCUT2D eigenvalue weighted by Crippen LogP contribution is 2.23. The van der Waals surface area contributed by atoms with Crippen LogP contribution in [0, 0.1) is 6.92 Å². The number of carbonyl (C=O) groups excluding carboxylic acids is 1. The van der Waals surface area contributed by atoms with Crippen LogP contribution in [0.1, 0.15) is 36.1 Å². The second-order valence-corrected chi connectivity index (χ2v) is 6.54. The molecule has 1 atom stereocenters. The van der Waals surface area contributed by atoms with Crippen molar-refractivity contribution in [3.05, 3.63) is 102 Å². The predicted octanol–water partition coefficient (Wildman–Crippen LogP) is 5.06. The highest BCUT2D eigenvalue weighted by atomic mass is 16.5. The van der Waals surface area contributed by atoms with Gasteiger partial charge in [0.1, 0.15) is 5.75 Å². The first-order chi connectivity index (χ1) is 13.2. The third-order valence-electron chi connectivity index (χ3n) is 4.58. The quantitative estimate of drug-likeness (QED) is 0.640. The van der Waals surface area contributed by atoms with Gasteiger partial charge in [0.25, 0.3) is 5.91 Å². The number of rotatable bonds is 7. The minimum absolute atomic E-state index is 0.113. The van der Waals surface area contributed by atoms with Gasteiger partial charge in [0, 0.05) is 0 Å². The van der Waals surface area contributed by atoms with Gasteiger partial charge in [-0.1, -0.05) is 85.8 Å². The molecule has 3 heteroatoms. The van der Waals surface area contributed by atoms with E-state index in [0.717, 1.165) is 22.4 Å². The van der Waals surface area contributed by atoms with E-state index in [-0.39, 0.29) is 11.9 Å². The summed E-state index contributed by atoms with van der Waals surface area (Å²) in [6, 6.07) is 27.6. The van der Waals surface area contributed by atoms with E-state index < -0.39 is 6.10 Å². The Labute approximate surface area is 161 Å². The standard InChI is InChI=1S/C24H25NO2/c1-3-21(27-22-17-11-10-12-18(22)2)24(26)25-23(19-13-6-4-7-14-19)20-15-8-5-9-16-20/h4-17,21,23H,3H2,1-2H3,(H,25,26)/t21-/m0/s1. The fraction of sp³-hybridized carbons (Fsp3) is 0.208. The van der Waals surface area contributed by atoms with Crippen LogP contribution in [-0.2, 0) is 4.79 Å². The van der Waals surface area contributed by atoms with Crippen molar-refractivity contribution in [1.29, 1.82) is 0 Å². The van der Waals surface area contributed by atoms with Gasteiger partial charge in [0.05, 0.1) is 6.04 Å². The number of aryl methyl sites for hydroxylation is 1. The van der Waals surface area contributed by atoms with Gasteiger partial charge in [-0.2, -0.15) is 0 Å². The minimum Gasteiger partial charge on any atom is -0.480 e. The fourth-order valence-corrected chi connectivity index (χ4v) is 3.05.